The molecule has 3 amide bonds. The molecule has 35 heavy (non-hydrogen) atoms. The van der Waals surface area contributed by atoms with E-state index in [4.69, 9.17) is 4.74 Å². The molecule has 2 aliphatic heterocycles. The number of ether oxygens (including phenoxy) is 1. The van der Waals surface area contributed by atoms with Crippen LogP contribution in [0.2, 0.25) is 0 Å². The van der Waals surface area contributed by atoms with Crippen molar-refractivity contribution >= 4 is 29.3 Å². The van der Waals surface area contributed by atoms with E-state index < -0.39 is 23.8 Å². The maximum atomic E-state index is 15.1. The predicted molar refractivity (Wildman–Crippen MR) is 123 cm³/mol. The summed E-state index contributed by atoms with van der Waals surface area (Å²) < 4.78 is 35.3. The van der Waals surface area contributed by atoms with Gasteiger partial charge in [0.05, 0.1) is 31.7 Å². The Labute approximate surface area is 200 Å². The van der Waals surface area contributed by atoms with E-state index in [1.165, 1.54) is 16.8 Å². The van der Waals surface area contributed by atoms with Crippen LogP contribution in [0.3, 0.4) is 0 Å². The van der Waals surface area contributed by atoms with Crippen molar-refractivity contribution in [2.75, 3.05) is 49.1 Å². The molecule has 1 aromatic heterocycles. The van der Waals surface area contributed by atoms with Crippen LogP contribution >= 0.6 is 0 Å². The summed E-state index contributed by atoms with van der Waals surface area (Å²) >= 11 is 0. The van der Waals surface area contributed by atoms with Crippen molar-refractivity contribution in [3.05, 3.63) is 53.9 Å². The highest BCUT2D eigenvalue weighted by atomic mass is 19.1. The van der Waals surface area contributed by atoms with Gasteiger partial charge in [-0.3, -0.25) is 24.5 Å². The first-order valence-corrected chi connectivity index (χ1v) is 11.2. The van der Waals surface area contributed by atoms with Gasteiger partial charge in [-0.15, -0.1) is 0 Å². The molecule has 2 saturated heterocycles. The van der Waals surface area contributed by atoms with Gasteiger partial charge in [0.15, 0.2) is 11.6 Å². The third-order valence-electron chi connectivity index (χ3n) is 5.77. The molecule has 0 saturated carbocycles. The van der Waals surface area contributed by atoms with Crippen LogP contribution in [-0.2, 0) is 20.7 Å². The summed E-state index contributed by atoms with van der Waals surface area (Å²) in [4.78, 5) is 42.5. The zero-order valence-corrected chi connectivity index (χ0v) is 19.2. The van der Waals surface area contributed by atoms with Gasteiger partial charge in [0, 0.05) is 51.1 Å². The smallest absolute Gasteiger partial charge is 0.414 e. The number of pyridine rings is 1. The standard InChI is InChI=1S/C23H26F2N6O4/c1-15(32)27-13-18-14-30(23(34)35-18)17-11-19(24)22(20(25)12-17)29-7-6-28-31(9-8-29)21(33)10-16-2-4-26-5-3-16/h2-5,11-12,18,28H,6-10,13-14H2,1H3,(H,27,32)/t18-/m0/s1. The van der Waals surface area contributed by atoms with Crippen LogP contribution < -0.4 is 20.5 Å². The fourth-order valence-corrected chi connectivity index (χ4v) is 4.04. The van der Waals surface area contributed by atoms with Crippen LogP contribution in [0.1, 0.15) is 12.5 Å². The Balaban J connectivity index is 1.42. The fraction of sp³-hybridized carbons (Fsp3) is 0.391. The molecule has 2 aromatic rings. The molecular weight excluding hydrogens is 462 g/mol. The predicted octanol–water partition coefficient (Wildman–Crippen LogP) is 1.22. The van der Waals surface area contributed by atoms with Crippen molar-refractivity contribution in [3.8, 4) is 0 Å². The number of aromatic nitrogens is 1. The quantitative estimate of drug-likeness (QED) is 0.630. The largest absolute Gasteiger partial charge is 0.442 e. The Morgan fingerprint density at radius 3 is 2.57 bits per heavy atom. The van der Waals surface area contributed by atoms with Crippen molar-refractivity contribution < 1.29 is 27.9 Å². The molecule has 1 aromatic carbocycles. The van der Waals surface area contributed by atoms with E-state index in [2.05, 4.69) is 15.7 Å². The molecule has 4 rings (SSSR count). The highest BCUT2D eigenvalue weighted by molar-refractivity contribution is 5.90. The molecule has 12 heteroatoms. The number of rotatable bonds is 6. The third kappa shape index (κ3) is 5.83. The van der Waals surface area contributed by atoms with Gasteiger partial charge in [-0.1, -0.05) is 0 Å². The molecule has 2 fully saturated rings. The second kappa shape index (κ2) is 10.6. The molecule has 2 aliphatic rings. The van der Waals surface area contributed by atoms with Crippen LogP contribution in [0.4, 0.5) is 25.0 Å². The van der Waals surface area contributed by atoms with E-state index in [1.807, 2.05) is 0 Å². The van der Waals surface area contributed by atoms with E-state index in [0.717, 1.165) is 22.6 Å². The molecule has 0 unspecified atom stereocenters. The minimum absolute atomic E-state index is 0.0289. The fourth-order valence-electron chi connectivity index (χ4n) is 4.04. The lowest BCUT2D eigenvalue weighted by Crippen LogP contribution is -2.44. The van der Waals surface area contributed by atoms with Gasteiger partial charge >= 0.3 is 6.09 Å². The Morgan fingerprint density at radius 2 is 1.89 bits per heavy atom. The first-order valence-electron chi connectivity index (χ1n) is 11.2. The number of amides is 3. The summed E-state index contributed by atoms with van der Waals surface area (Å²) in [5.74, 6) is -2.08. The lowest BCUT2D eigenvalue weighted by molar-refractivity contribution is -0.133. The zero-order chi connectivity index (χ0) is 24.9. The van der Waals surface area contributed by atoms with E-state index in [-0.39, 0.29) is 62.3 Å². The number of halogens is 2. The average molecular weight is 488 g/mol. The Hall–Kier alpha value is -3.80. The first-order chi connectivity index (χ1) is 16.8. The van der Waals surface area contributed by atoms with Crippen molar-refractivity contribution in [3.63, 3.8) is 0 Å². The summed E-state index contributed by atoms with van der Waals surface area (Å²) in [6.07, 6.45) is 2.04. The molecule has 0 bridgehead atoms. The normalized spacial score (nSPS) is 18.3. The van der Waals surface area contributed by atoms with Crippen LogP contribution in [0.15, 0.2) is 36.7 Å². The molecule has 0 spiro atoms. The number of carbonyl (C=O) groups excluding carboxylic acids is 3. The summed E-state index contributed by atoms with van der Waals surface area (Å²) in [7, 11) is 0. The van der Waals surface area contributed by atoms with E-state index in [0.29, 0.717) is 6.54 Å². The SMILES string of the molecule is CC(=O)NC[C@H]1CN(c2cc(F)c(N3CCNN(C(=O)Cc4ccncc4)CC3)c(F)c2)C(=O)O1. The summed E-state index contributed by atoms with van der Waals surface area (Å²) in [5, 5.41) is 4.01. The highest BCUT2D eigenvalue weighted by Gasteiger charge is 2.34. The van der Waals surface area contributed by atoms with Crippen molar-refractivity contribution in [2.45, 2.75) is 19.4 Å². The lowest BCUT2D eigenvalue weighted by Gasteiger charge is -2.25. The lowest BCUT2D eigenvalue weighted by atomic mass is 10.2. The van der Waals surface area contributed by atoms with Crippen LogP contribution in [-0.4, -0.2) is 73.3 Å². The monoisotopic (exact) mass is 488 g/mol. The van der Waals surface area contributed by atoms with E-state index >= 15 is 8.78 Å². The molecule has 2 N–H and O–H groups in total. The maximum absolute atomic E-state index is 15.1. The minimum atomic E-state index is -0.824. The summed E-state index contributed by atoms with van der Waals surface area (Å²) in [6, 6.07) is 5.69. The molecule has 3 heterocycles. The number of anilines is 2. The summed E-state index contributed by atoms with van der Waals surface area (Å²) in [5.41, 5.74) is 3.64. The number of hydrazine groups is 1. The number of cyclic esters (lactones) is 1. The molecule has 0 aliphatic carbocycles. The second-order valence-corrected chi connectivity index (χ2v) is 8.28. The van der Waals surface area contributed by atoms with Crippen LogP contribution in [0.25, 0.3) is 0 Å². The van der Waals surface area contributed by atoms with Crippen molar-refractivity contribution in [2.24, 2.45) is 0 Å². The topological polar surface area (TPSA) is 107 Å². The molecule has 186 valence electrons. The summed E-state index contributed by atoms with van der Waals surface area (Å²) in [6.45, 7) is 2.53. The number of hydrogen-bond acceptors (Lipinski definition) is 7. The van der Waals surface area contributed by atoms with Crippen molar-refractivity contribution in [1.29, 1.82) is 0 Å². The minimum Gasteiger partial charge on any atom is -0.442 e. The number of carbonyl (C=O) groups is 3. The number of nitrogens with zero attached hydrogens (tertiary/aromatic N) is 4. The molecule has 1 atom stereocenters. The first kappa shape index (κ1) is 24.3. The van der Waals surface area contributed by atoms with Gasteiger partial charge in [0.25, 0.3) is 0 Å². The number of benzene rings is 1. The van der Waals surface area contributed by atoms with E-state index in [9.17, 15) is 14.4 Å². The second-order valence-electron chi connectivity index (χ2n) is 8.28. The molecule has 0 radical (unpaired) electrons. The third-order valence-corrected chi connectivity index (χ3v) is 5.77. The number of nitrogens with one attached hydrogen (secondary N) is 2. The van der Waals surface area contributed by atoms with Crippen molar-refractivity contribution in [1.82, 2.24) is 20.7 Å². The van der Waals surface area contributed by atoms with Gasteiger partial charge in [0.1, 0.15) is 11.8 Å². The van der Waals surface area contributed by atoms with Gasteiger partial charge in [-0.05, 0) is 17.7 Å². The highest BCUT2D eigenvalue weighted by Crippen LogP contribution is 2.31. The number of hydrogen-bond donors (Lipinski definition) is 2. The molecule has 10 nitrogen and oxygen atoms in total. The van der Waals surface area contributed by atoms with E-state index in [1.54, 1.807) is 24.5 Å². The van der Waals surface area contributed by atoms with Gasteiger partial charge in [-0.25, -0.2) is 19.0 Å². The Morgan fingerprint density at radius 1 is 1.17 bits per heavy atom. The average Bonchev–Trinajstić information content (AvgIpc) is 3.02. The van der Waals surface area contributed by atoms with Gasteiger partial charge in [-0.2, -0.15) is 0 Å². The van der Waals surface area contributed by atoms with Crippen LogP contribution in [0, 0.1) is 11.6 Å². The van der Waals surface area contributed by atoms with Gasteiger partial charge < -0.3 is 15.0 Å². The van der Waals surface area contributed by atoms with Gasteiger partial charge in [0.2, 0.25) is 11.8 Å². The Kier molecular flexibility index (Phi) is 7.39. The Bertz CT molecular complexity index is 1080. The molecular formula is C23H26F2N6O4. The maximum Gasteiger partial charge on any atom is 0.414 e. The van der Waals surface area contributed by atoms with Crippen LogP contribution in [0.5, 0.6) is 0 Å². The zero-order valence-electron chi connectivity index (χ0n) is 19.2.